The summed E-state index contributed by atoms with van der Waals surface area (Å²) in [5.41, 5.74) is 3.82. The lowest BCUT2D eigenvalue weighted by atomic mass is 10.2. The van der Waals surface area contributed by atoms with E-state index in [1.54, 1.807) is 30.3 Å². The van der Waals surface area contributed by atoms with E-state index in [0.717, 1.165) is 12.8 Å². The molecule has 8 heteroatoms. The van der Waals surface area contributed by atoms with Crippen LogP contribution in [0.15, 0.2) is 53.6 Å². The Kier molecular flexibility index (Phi) is 5.02. The second-order valence-corrected chi connectivity index (χ2v) is 5.89. The van der Waals surface area contributed by atoms with Crippen molar-refractivity contribution in [2.24, 2.45) is 11.0 Å². The van der Waals surface area contributed by atoms with Crippen molar-refractivity contribution in [3.05, 3.63) is 69.8 Å². The number of carbonyl (C=O) groups is 2. The van der Waals surface area contributed by atoms with Gasteiger partial charge in [0.05, 0.1) is 11.1 Å². The van der Waals surface area contributed by atoms with Crippen LogP contribution in [0.2, 0.25) is 0 Å². The quantitative estimate of drug-likeness (QED) is 0.472. The van der Waals surface area contributed by atoms with Gasteiger partial charge >= 0.3 is 0 Å². The highest BCUT2D eigenvalue weighted by atomic mass is 16.6. The molecule has 1 aliphatic carbocycles. The minimum atomic E-state index is -0.501. The van der Waals surface area contributed by atoms with Gasteiger partial charge in [0, 0.05) is 34.9 Å². The first-order valence-corrected chi connectivity index (χ1v) is 8.02. The zero-order valence-corrected chi connectivity index (χ0v) is 13.7. The van der Waals surface area contributed by atoms with Crippen molar-refractivity contribution >= 4 is 29.4 Å². The molecule has 0 spiro atoms. The maximum absolute atomic E-state index is 12.0. The molecule has 1 fully saturated rings. The summed E-state index contributed by atoms with van der Waals surface area (Å²) in [5, 5.41) is 17.3. The SMILES string of the molecule is O=C(N/N=C/c1cccc([N+](=O)[O-])c1)c1ccc(NC(=O)C2CC2)cc1. The summed E-state index contributed by atoms with van der Waals surface area (Å²) in [6.45, 7) is 0. The van der Waals surface area contributed by atoms with Gasteiger partial charge < -0.3 is 5.32 Å². The highest BCUT2D eigenvalue weighted by Gasteiger charge is 2.29. The number of carbonyl (C=O) groups excluding carboxylic acids is 2. The molecule has 0 atom stereocenters. The first-order chi connectivity index (χ1) is 12.5. The van der Waals surface area contributed by atoms with Crippen LogP contribution in [-0.4, -0.2) is 23.0 Å². The number of nitro benzene ring substituents is 1. The molecular weight excluding hydrogens is 336 g/mol. The Morgan fingerprint density at radius 2 is 1.88 bits per heavy atom. The number of non-ortho nitro benzene ring substituents is 1. The van der Waals surface area contributed by atoms with Crippen molar-refractivity contribution in [3.63, 3.8) is 0 Å². The van der Waals surface area contributed by atoms with E-state index in [1.165, 1.54) is 24.4 Å². The summed E-state index contributed by atoms with van der Waals surface area (Å²) in [6, 6.07) is 12.4. The number of nitrogens with one attached hydrogen (secondary N) is 2. The van der Waals surface area contributed by atoms with Crippen LogP contribution < -0.4 is 10.7 Å². The van der Waals surface area contributed by atoms with E-state index >= 15 is 0 Å². The van der Waals surface area contributed by atoms with E-state index in [1.807, 2.05) is 0 Å². The number of rotatable bonds is 6. The molecule has 132 valence electrons. The molecule has 2 aromatic carbocycles. The fourth-order valence-corrected chi connectivity index (χ4v) is 2.24. The predicted molar refractivity (Wildman–Crippen MR) is 96.0 cm³/mol. The Labute approximate surface area is 149 Å². The molecule has 0 bridgehead atoms. The largest absolute Gasteiger partial charge is 0.326 e. The van der Waals surface area contributed by atoms with Crippen LogP contribution in [-0.2, 0) is 4.79 Å². The Bertz CT molecular complexity index is 873. The van der Waals surface area contributed by atoms with E-state index in [4.69, 9.17) is 0 Å². The zero-order valence-electron chi connectivity index (χ0n) is 13.7. The number of benzene rings is 2. The summed E-state index contributed by atoms with van der Waals surface area (Å²) in [5.74, 6) is -0.309. The van der Waals surface area contributed by atoms with Gasteiger partial charge in [0.15, 0.2) is 0 Å². The van der Waals surface area contributed by atoms with Gasteiger partial charge in [-0.05, 0) is 37.1 Å². The maximum atomic E-state index is 12.0. The van der Waals surface area contributed by atoms with Gasteiger partial charge in [-0.1, -0.05) is 12.1 Å². The Morgan fingerprint density at radius 3 is 2.54 bits per heavy atom. The summed E-state index contributed by atoms with van der Waals surface area (Å²) < 4.78 is 0. The molecule has 1 aliphatic rings. The highest BCUT2D eigenvalue weighted by Crippen LogP contribution is 2.30. The Morgan fingerprint density at radius 1 is 1.15 bits per heavy atom. The minimum absolute atomic E-state index is 0.00348. The maximum Gasteiger partial charge on any atom is 0.271 e. The monoisotopic (exact) mass is 352 g/mol. The van der Waals surface area contributed by atoms with E-state index in [9.17, 15) is 19.7 Å². The van der Waals surface area contributed by atoms with Crippen molar-refractivity contribution in [3.8, 4) is 0 Å². The molecule has 3 rings (SSSR count). The average Bonchev–Trinajstić information content (AvgIpc) is 3.47. The van der Waals surface area contributed by atoms with Gasteiger partial charge in [-0.15, -0.1) is 0 Å². The van der Waals surface area contributed by atoms with Gasteiger partial charge in [0.1, 0.15) is 0 Å². The first kappa shape index (κ1) is 17.3. The average molecular weight is 352 g/mol. The van der Waals surface area contributed by atoms with Crippen LogP contribution >= 0.6 is 0 Å². The Balaban J connectivity index is 1.56. The molecule has 2 N–H and O–H groups in total. The first-order valence-electron chi connectivity index (χ1n) is 8.02. The molecule has 0 saturated heterocycles. The molecule has 0 radical (unpaired) electrons. The van der Waals surface area contributed by atoms with Gasteiger partial charge in [-0.2, -0.15) is 5.10 Å². The highest BCUT2D eigenvalue weighted by molar-refractivity contribution is 5.97. The van der Waals surface area contributed by atoms with Gasteiger partial charge in [0.2, 0.25) is 5.91 Å². The van der Waals surface area contributed by atoms with Crippen LogP contribution in [0.3, 0.4) is 0 Å². The number of amides is 2. The third kappa shape index (κ3) is 4.50. The Hall–Kier alpha value is -3.55. The number of anilines is 1. The molecule has 2 aromatic rings. The minimum Gasteiger partial charge on any atom is -0.326 e. The molecule has 0 unspecified atom stereocenters. The number of hydrogen-bond donors (Lipinski definition) is 2. The third-order valence-corrected chi connectivity index (χ3v) is 3.82. The standard InChI is InChI=1S/C18H16N4O4/c23-17(13-4-5-13)20-15-8-6-14(7-9-15)18(24)21-19-11-12-2-1-3-16(10-12)22(25)26/h1-3,6-11,13H,4-5H2,(H,20,23)(H,21,24)/b19-11+. The lowest BCUT2D eigenvalue weighted by Gasteiger charge is -2.05. The van der Waals surface area contributed by atoms with Crippen molar-refractivity contribution in [2.45, 2.75) is 12.8 Å². The molecule has 0 aromatic heterocycles. The molecule has 0 heterocycles. The van der Waals surface area contributed by atoms with Crippen LogP contribution in [0, 0.1) is 16.0 Å². The number of hydrogen-bond acceptors (Lipinski definition) is 5. The second-order valence-electron chi connectivity index (χ2n) is 5.89. The van der Waals surface area contributed by atoms with Crippen LogP contribution in [0.25, 0.3) is 0 Å². The lowest BCUT2D eigenvalue weighted by Crippen LogP contribution is -2.18. The fourth-order valence-electron chi connectivity index (χ4n) is 2.24. The van der Waals surface area contributed by atoms with Crippen molar-refractivity contribution in [2.75, 3.05) is 5.32 Å². The molecule has 26 heavy (non-hydrogen) atoms. The van der Waals surface area contributed by atoms with Crippen molar-refractivity contribution in [1.82, 2.24) is 5.43 Å². The summed E-state index contributed by atoms with van der Waals surface area (Å²) >= 11 is 0. The van der Waals surface area contributed by atoms with Gasteiger partial charge in [-0.3, -0.25) is 19.7 Å². The van der Waals surface area contributed by atoms with Crippen molar-refractivity contribution in [1.29, 1.82) is 0 Å². The van der Waals surface area contributed by atoms with E-state index in [0.29, 0.717) is 16.8 Å². The van der Waals surface area contributed by atoms with Crippen LogP contribution in [0.4, 0.5) is 11.4 Å². The smallest absolute Gasteiger partial charge is 0.271 e. The summed E-state index contributed by atoms with van der Waals surface area (Å²) in [4.78, 5) is 33.9. The summed E-state index contributed by atoms with van der Waals surface area (Å²) in [6.07, 6.45) is 3.18. The molecule has 1 saturated carbocycles. The third-order valence-electron chi connectivity index (χ3n) is 3.82. The van der Waals surface area contributed by atoms with Crippen LogP contribution in [0.1, 0.15) is 28.8 Å². The number of hydrazone groups is 1. The zero-order chi connectivity index (χ0) is 18.5. The van der Waals surface area contributed by atoms with Crippen LogP contribution in [0.5, 0.6) is 0 Å². The van der Waals surface area contributed by atoms with Gasteiger partial charge in [-0.25, -0.2) is 5.43 Å². The second kappa shape index (κ2) is 7.56. The molecule has 2 amide bonds. The topological polar surface area (TPSA) is 114 Å². The summed E-state index contributed by atoms with van der Waals surface area (Å²) in [7, 11) is 0. The van der Waals surface area contributed by atoms with E-state index < -0.39 is 10.8 Å². The van der Waals surface area contributed by atoms with E-state index in [2.05, 4.69) is 15.8 Å². The normalized spacial score (nSPS) is 13.4. The molecule has 0 aliphatic heterocycles. The fraction of sp³-hybridized carbons (Fsp3) is 0.167. The molecule has 8 nitrogen and oxygen atoms in total. The molecular formula is C18H16N4O4. The number of nitrogens with zero attached hydrogens (tertiary/aromatic N) is 2. The lowest BCUT2D eigenvalue weighted by molar-refractivity contribution is -0.384. The van der Waals surface area contributed by atoms with E-state index in [-0.39, 0.29) is 17.5 Å². The number of nitro groups is 1. The van der Waals surface area contributed by atoms with Gasteiger partial charge in [0.25, 0.3) is 11.6 Å². The predicted octanol–water partition coefficient (Wildman–Crippen LogP) is 2.71. The van der Waals surface area contributed by atoms with Crippen molar-refractivity contribution < 1.29 is 14.5 Å².